The number of ether oxygens (including phenoxy) is 5. The molecule has 1 unspecified atom stereocenters. The molecule has 2 aromatic rings. The summed E-state index contributed by atoms with van der Waals surface area (Å²) in [6.07, 6.45) is 0. The second-order valence-electron chi connectivity index (χ2n) is 7.14. The standard InChI is InChI=1S/C25H24N2O7/c1-5-32-25(29)21-14(2)33-23(27)18(13-26)22(21)16-8-11-19(20(12-16)31-4)34-24(28)15-6-9-17(30-3)10-7-15/h6-12,22H,5,27H2,1-4H3. The molecule has 0 saturated heterocycles. The lowest BCUT2D eigenvalue weighted by atomic mass is 9.83. The molecule has 2 aromatic carbocycles. The van der Waals surface area contributed by atoms with Crippen LogP contribution in [0.4, 0.5) is 0 Å². The Bertz CT molecular complexity index is 1210. The third-order valence-electron chi connectivity index (χ3n) is 5.15. The number of nitrogens with zero attached hydrogens (tertiary/aromatic N) is 1. The summed E-state index contributed by atoms with van der Waals surface area (Å²) < 4.78 is 26.6. The number of rotatable bonds is 7. The number of methoxy groups -OCH3 is 2. The highest BCUT2D eigenvalue weighted by molar-refractivity contribution is 5.93. The molecule has 0 aromatic heterocycles. The Morgan fingerprint density at radius 2 is 1.76 bits per heavy atom. The molecule has 1 heterocycles. The van der Waals surface area contributed by atoms with Gasteiger partial charge in [0, 0.05) is 0 Å². The van der Waals surface area contributed by atoms with E-state index < -0.39 is 17.9 Å². The minimum absolute atomic E-state index is 0.0543. The van der Waals surface area contributed by atoms with Crippen LogP contribution in [0, 0.1) is 11.3 Å². The van der Waals surface area contributed by atoms with Gasteiger partial charge in [-0.2, -0.15) is 5.26 Å². The number of hydrogen-bond acceptors (Lipinski definition) is 9. The molecule has 1 atom stereocenters. The number of benzene rings is 2. The molecule has 1 aliphatic heterocycles. The maximum Gasteiger partial charge on any atom is 0.343 e. The van der Waals surface area contributed by atoms with Crippen molar-refractivity contribution >= 4 is 11.9 Å². The van der Waals surface area contributed by atoms with Crippen LogP contribution < -0.4 is 19.9 Å². The topological polar surface area (TPSA) is 130 Å². The molecule has 9 nitrogen and oxygen atoms in total. The zero-order valence-electron chi connectivity index (χ0n) is 19.2. The fraction of sp³-hybridized carbons (Fsp3) is 0.240. The molecular weight excluding hydrogens is 440 g/mol. The van der Waals surface area contributed by atoms with Crippen molar-refractivity contribution in [3.63, 3.8) is 0 Å². The van der Waals surface area contributed by atoms with Crippen LogP contribution >= 0.6 is 0 Å². The SMILES string of the molecule is CCOC(=O)C1=C(C)OC(N)=C(C#N)C1c1ccc(OC(=O)c2ccc(OC)cc2)c(OC)c1. The van der Waals surface area contributed by atoms with E-state index in [-0.39, 0.29) is 40.9 Å². The van der Waals surface area contributed by atoms with Crippen LogP contribution in [0.3, 0.4) is 0 Å². The maximum absolute atomic E-state index is 12.7. The van der Waals surface area contributed by atoms with E-state index in [0.717, 1.165) is 0 Å². The second-order valence-corrected chi connectivity index (χ2v) is 7.14. The van der Waals surface area contributed by atoms with E-state index in [1.165, 1.54) is 20.3 Å². The first-order valence-corrected chi connectivity index (χ1v) is 10.3. The summed E-state index contributed by atoms with van der Waals surface area (Å²) in [6, 6.07) is 13.2. The summed E-state index contributed by atoms with van der Waals surface area (Å²) in [6.45, 7) is 3.40. The molecule has 3 rings (SSSR count). The predicted molar refractivity (Wildman–Crippen MR) is 121 cm³/mol. The van der Waals surface area contributed by atoms with Gasteiger partial charge in [0.15, 0.2) is 11.5 Å². The summed E-state index contributed by atoms with van der Waals surface area (Å²) in [4.78, 5) is 25.3. The Morgan fingerprint density at radius 3 is 2.35 bits per heavy atom. The minimum atomic E-state index is -0.849. The van der Waals surface area contributed by atoms with Crippen LogP contribution in [0.25, 0.3) is 0 Å². The van der Waals surface area contributed by atoms with E-state index in [1.807, 2.05) is 6.07 Å². The van der Waals surface area contributed by atoms with Gasteiger partial charge in [-0.3, -0.25) is 0 Å². The summed E-state index contributed by atoms with van der Waals surface area (Å²) >= 11 is 0. The smallest absolute Gasteiger partial charge is 0.343 e. The van der Waals surface area contributed by atoms with Crippen LogP contribution in [0.15, 0.2) is 65.3 Å². The van der Waals surface area contributed by atoms with Crippen molar-refractivity contribution in [1.82, 2.24) is 0 Å². The van der Waals surface area contributed by atoms with Gasteiger partial charge in [-0.25, -0.2) is 9.59 Å². The van der Waals surface area contributed by atoms with Gasteiger partial charge < -0.3 is 29.4 Å². The van der Waals surface area contributed by atoms with Crippen LogP contribution in [0.5, 0.6) is 17.2 Å². The molecule has 176 valence electrons. The molecule has 1 aliphatic rings. The first kappa shape index (κ1) is 24.2. The van der Waals surface area contributed by atoms with Crippen LogP contribution in [-0.4, -0.2) is 32.8 Å². The Kier molecular flexibility index (Phi) is 7.43. The molecule has 0 aliphatic carbocycles. The lowest BCUT2D eigenvalue weighted by Crippen LogP contribution is -2.25. The average molecular weight is 464 g/mol. The zero-order valence-corrected chi connectivity index (χ0v) is 19.2. The molecular formula is C25H24N2O7. The molecule has 0 saturated carbocycles. The number of esters is 2. The van der Waals surface area contributed by atoms with Crippen LogP contribution in [0.1, 0.15) is 35.7 Å². The first-order valence-electron chi connectivity index (χ1n) is 10.3. The van der Waals surface area contributed by atoms with Crippen molar-refractivity contribution < 1.29 is 33.3 Å². The van der Waals surface area contributed by atoms with Crippen molar-refractivity contribution in [2.24, 2.45) is 5.73 Å². The van der Waals surface area contributed by atoms with Crippen molar-refractivity contribution in [3.8, 4) is 23.3 Å². The Hall–Kier alpha value is -4.45. The summed E-state index contributed by atoms with van der Waals surface area (Å²) in [5.74, 6) is -0.949. The first-order chi connectivity index (χ1) is 16.3. The van der Waals surface area contributed by atoms with Gasteiger partial charge in [-0.05, 0) is 55.8 Å². The van der Waals surface area contributed by atoms with Crippen molar-refractivity contribution in [3.05, 3.63) is 76.4 Å². The molecule has 2 N–H and O–H groups in total. The number of hydrogen-bond donors (Lipinski definition) is 1. The normalized spacial score (nSPS) is 15.2. The molecule has 9 heteroatoms. The lowest BCUT2D eigenvalue weighted by Gasteiger charge is -2.27. The second kappa shape index (κ2) is 10.4. The largest absolute Gasteiger partial charge is 0.497 e. The molecule has 0 spiro atoms. The van der Waals surface area contributed by atoms with Crippen molar-refractivity contribution in [1.29, 1.82) is 5.26 Å². The van der Waals surface area contributed by atoms with Gasteiger partial charge in [-0.1, -0.05) is 6.07 Å². The summed E-state index contributed by atoms with van der Waals surface area (Å²) in [7, 11) is 2.94. The Balaban J connectivity index is 1.99. The molecule has 0 bridgehead atoms. The fourth-order valence-corrected chi connectivity index (χ4v) is 3.52. The van der Waals surface area contributed by atoms with Gasteiger partial charge >= 0.3 is 11.9 Å². The third kappa shape index (κ3) is 4.81. The third-order valence-corrected chi connectivity index (χ3v) is 5.15. The maximum atomic E-state index is 12.7. The molecule has 0 radical (unpaired) electrons. The number of nitriles is 1. The van der Waals surface area contributed by atoms with Gasteiger partial charge in [-0.15, -0.1) is 0 Å². The van der Waals surface area contributed by atoms with E-state index in [4.69, 9.17) is 29.4 Å². The number of nitrogens with two attached hydrogens (primary N) is 1. The average Bonchev–Trinajstić information content (AvgIpc) is 2.84. The quantitative estimate of drug-likeness (QED) is 0.483. The highest BCUT2D eigenvalue weighted by atomic mass is 16.6. The summed E-state index contributed by atoms with van der Waals surface area (Å²) in [5, 5.41) is 9.72. The Labute approximate surface area is 196 Å². The van der Waals surface area contributed by atoms with Gasteiger partial charge in [0.05, 0.1) is 37.9 Å². The van der Waals surface area contributed by atoms with Crippen LogP contribution in [-0.2, 0) is 14.3 Å². The summed E-state index contributed by atoms with van der Waals surface area (Å²) in [5.41, 5.74) is 6.97. The van der Waals surface area contributed by atoms with E-state index in [1.54, 1.807) is 50.2 Å². The van der Waals surface area contributed by atoms with Crippen molar-refractivity contribution in [2.75, 3.05) is 20.8 Å². The van der Waals surface area contributed by atoms with Crippen molar-refractivity contribution in [2.45, 2.75) is 19.8 Å². The molecule has 0 amide bonds. The van der Waals surface area contributed by atoms with E-state index in [0.29, 0.717) is 16.9 Å². The molecule has 34 heavy (non-hydrogen) atoms. The van der Waals surface area contributed by atoms with Gasteiger partial charge in [0.1, 0.15) is 23.2 Å². The minimum Gasteiger partial charge on any atom is -0.497 e. The predicted octanol–water partition coefficient (Wildman–Crippen LogP) is 3.57. The van der Waals surface area contributed by atoms with E-state index in [2.05, 4.69) is 0 Å². The number of carbonyl (C=O) groups excluding carboxylic acids is 2. The lowest BCUT2D eigenvalue weighted by molar-refractivity contribution is -0.139. The number of allylic oxidation sites excluding steroid dienone is 2. The monoisotopic (exact) mass is 464 g/mol. The zero-order chi connectivity index (χ0) is 24.8. The van der Waals surface area contributed by atoms with E-state index >= 15 is 0 Å². The highest BCUT2D eigenvalue weighted by Gasteiger charge is 2.36. The van der Waals surface area contributed by atoms with E-state index in [9.17, 15) is 14.9 Å². The molecule has 0 fully saturated rings. The fourth-order valence-electron chi connectivity index (χ4n) is 3.52. The Morgan fingerprint density at radius 1 is 1.06 bits per heavy atom. The van der Waals surface area contributed by atoms with Gasteiger partial charge in [0.25, 0.3) is 0 Å². The number of carbonyl (C=O) groups is 2. The van der Waals surface area contributed by atoms with Gasteiger partial charge in [0.2, 0.25) is 5.88 Å². The van der Waals surface area contributed by atoms with Crippen LogP contribution in [0.2, 0.25) is 0 Å². The highest BCUT2D eigenvalue weighted by Crippen LogP contribution is 2.42.